The molecule has 0 spiro atoms. The summed E-state index contributed by atoms with van der Waals surface area (Å²) in [6.45, 7) is 4.59. The molecule has 3 aromatic rings. The van der Waals surface area contributed by atoms with Crippen LogP contribution in [0.3, 0.4) is 0 Å². The molecule has 0 atom stereocenters. The van der Waals surface area contributed by atoms with Crippen LogP contribution in [0.15, 0.2) is 39.4 Å². The van der Waals surface area contributed by atoms with Crippen molar-refractivity contribution < 1.29 is 4.42 Å². The van der Waals surface area contributed by atoms with E-state index in [0.717, 1.165) is 32.5 Å². The summed E-state index contributed by atoms with van der Waals surface area (Å²) in [4.78, 5) is 8.71. The first-order valence-electron chi connectivity index (χ1n) is 6.34. The first-order valence-corrected chi connectivity index (χ1v) is 7.13. The fraction of sp³-hybridized carbons (Fsp3) is 0.200. The van der Waals surface area contributed by atoms with Gasteiger partial charge in [0.15, 0.2) is 11.5 Å². The minimum atomic E-state index is 0.690. The molecule has 0 unspecified atom stereocenters. The maximum atomic E-state index is 5.47. The summed E-state index contributed by atoms with van der Waals surface area (Å²) in [6, 6.07) is 8.06. The number of oxazole rings is 1. The molecular weight excluding hydrogens is 318 g/mol. The highest BCUT2D eigenvalue weighted by atomic mass is 79.9. The standard InChI is InChI=1S/C15H14BrN3O/c1-9-5-12(16)8-18-15(9)17-7-11-3-4-14-13(6-11)19-10(2)20-14/h3-6,8H,7H2,1-2H3,(H,17,18). The van der Waals surface area contributed by atoms with Gasteiger partial charge in [0.1, 0.15) is 11.3 Å². The van der Waals surface area contributed by atoms with Crippen molar-refractivity contribution in [3.8, 4) is 0 Å². The van der Waals surface area contributed by atoms with E-state index in [1.807, 2.05) is 38.1 Å². The highest BCUT2D eigenvalue weighted by Gasteiger charge is 2.04. The predicted molar refractivity (Wildman–Crippen MR) is 82.7 cm³/mol. The summed E-state index contributed by atoms with van der Waals surface area (Å²) in [7, 11) is 0. The van der Waals surface area contributed by atoms with E-state index in [1.165, 1.54) is 0 Å². The van der Waals surface area contributed by atoms with E-state index in [1.54, 1.807) is 6.20 Å². The Balaban J connectivity index is 1.79. The average molecular weight is 332 g/mol. The van der Waals surface area contributed by atoms with Crippen LogP contribution in [-0.4, -0.2) is 9.97 Å². The predicted octanol–water partition coefficient (Wildman–Crippen LogP) is 4.21. The zero-order valence-electron chi connectivity index (χ0n) is 11.3. The van der Waals surface area contributed by atoms with Crippen molar-refractivity contribution >= 4 is 32.8 Å². The quantitative estimate of drug-likeness (QED) is 0.780. The summed E-state index contributed by atoms with van der Waals surface area (Å²) < 4.78 is 6.46. The second-order valence-electron chi connectivity index (χ2n) is 4.71. The van der Waals surface area contributed by atoms with Crippen LogP contribution in [0.4, 0.5) is 5.82 Å². The maximum Gasteiger partial charge on any atom is 0.192 e. The molecule has 2 heterocycles. The number of rotatable bonds is 3. The van der Waals surface area contributed by atoms with E-state index < -0.39 is 0 Å². The van der Waals surface area contributed by atoms with Gasteiger partial charge in [0.25, 0.3) is 0 Å². The number of pyridine rings is 1. The number of halogens is 1. The van der Waals surface area contributed by atoms with Gasteiger partial charge in [-0.05, 0) is 52.2 Å². The molecule has 5 heteroatoms. The number of anilines is 1. The van der Waals surface area contributed by atoms with Crippen LogP contribution in [0, 0.1) is 13.8 Å². The lowest BCUT2D eigenvalue weighted by Crippen LogP contribution is -2.03. The summed E-state index contributed by atoms with van der Waals surface area (Å²) in [5, 5.41) is 3.34. The largest absolute Gasteiger partial charge is 0.441 e. The molecule has 2 aromatic heterocycles. The number of aromatic nitrogens is 2. The molecular formula is C15H14BrN3O. The van der Waals surface area contributed by atoms with Crippen LogP contribution >= 0.6 is 15.9 Å². The summed E-state index contributed by atoms with van der Waals surface area (Å²) in [6.07, 6.45) is 1.79. The number of nitrogens with zero attached hydrogens (tertiary/aromatic N) is 2. The van der Waals surface area contributed by atoms with Gasteiger partial charge in [-0.25, -0.2) is 9.97 Å². The summed E-state index contributed by atoms with van der Waals surface area (Å²) >= 11 is 3.41. The minimum Gasteiger partial charge on any atom is -0.441 e. The van der Waals surface area contributed by atoms with Gasteiger partial charge in [-0.2, -0.15) is 0 Å². The molecule has 0 aliphatic heterocycles. The second-order valence-corrected chi connectivity index (χ2v) is 5.62. The third-order valence-corrected chi connectivity index (χ3v) is 3.50. The molecule has 1 N–H and O–H groups in total. The molecule has 1 aromatic carbocycles. The number of benzene rings is 1. The average Bonchev–Trinajstić information content (AvgIpc) is 2.77. The number of fused-ring (bicyclic) bond motifs is 1. The topological polar surface area (TPSA) is 51.0 Å². The van der Waals surface area contributed by atoms with Crippen LogP contribution in [0.5, 0.6) is 0 Å². The number of hydrogen-bond donors (Lipinski definition) is 1. The van der Waals surface area contributed by atoms with Crippen molar-refractivity contribution in [2.75, 3.05) is 5.32 Å². The van der Waals surface area contributed by atoms with Gasteiger partial charge in [0.05, 0.1) is 0 Å². The van der Waals surface area contributed by atoms with Crippen LogP contribution in [0.1, 0.15) is 17.0 Å². The van der Waals surface area contributed by atoms with E-state index in [-0.39, 0.29) is 0 Å². The molecule has 0 amide bonds. The lowest BCUT2D eigenvalue weighted by molar-refractivity contribution is 0.561. The van der Waals surface area contributed by atoms with Crippen molar-refractivity contribution in [3.63, 3.8) is 0 Å². The highest BCUT2D eigenvalue weighted by Crippen LogP contribution is 2.19. The van der Waals surface area contributed by atoms with Gasteiger partial charge in [0, 0.05) is 24.1 Å². The lowest BCUT2D eigenvalue weighted by atomic mass is 10.2. The van der Waals surface area contributed by atoms with E-state index >= 15 is 0 Å². The Morgan fingerprint density at radius 2 is 2.10 bits per heavy atom. The molecule has 0 fully saturated rings. The van der Waals surface area contributed by atoms with E-state index in [9.17, 15) is 0 Å². The molecule has 3 rings (SSSR count). The lowest BCUT2D eigenvalue weighted by Gasteiger charge is -2.08. The smallest absolute Gasteiger partial charge is 0.192 e. The Kier molecular flexibility index (Phi) is 3.44. The zero-order valence-corrected chi connectivity index (χ0v) is 12.9. The minimum absolute atomic E-state index is 0.690. The molecule has 20 heavy (non-hydrogen) atoms. The van der Waals surface area contributed by atoms with Gasteiger partial charge >= 0.3 is 0 Å². The Labute approximate surface area is 125 Å². The molecule has 0 bridgehead atoms. The molecule has 0 aliphatic carbocycles. The van der Waals surface area contributed by atoms with Crippen molar-refractivity contribution in [2.45, 2.75) is 20.4 Å². The van der Waals surface area contributed by atoms with Crippen molar-refractivity contribution in [3.05, 3.63) is 52.0 Å². The molecule has 102 valence electrons. The Hall–Kier alpha value is -1.88. The van der Waals surface area contributed by atoms with Crippen molar-refractivity contribution in [2.24, 2.45) is 0 Å². The van der Waals surface area contributed by atoms with Gasteiger partial charge in [-0.15, -0.1) is 0 Å². The molecule has 4 nitrogen and oxygen atoms in total. The monoisotopic (exact) mass is 331 g/mol. The van der Waals surface area contributed by atoms with Crippen LogP contribution in [0.25, 0.3) is 11.1 Å². The summed E-state index contributed by atoms with van der Waals surface area (Å²) in [5.41, 5.74) is 3.97. The summed E-state index contributed by atoms with van der Waals surface area (Å²) in [5.74, 6) is 1.58. The molecule has 0 saturated heterocycles. The zero-order chi connectivity index (χ0) is 14.1. The van der Waals surface area contributed by atoms with Crippen molar-refractivity contribution in [1.29, 1.82) is 0 Å². The van der Waals surface area contributed by atoms with E-state index in [0.29, 0.717) is 12.4 Å². The first kappa shape index (κ1) is 13.1. The SMILES string of the molecule is Cc1nc2cc(CNc3ncc(Br)cc3C)ccc2o1. The number of nitrogens with one attached hydrogen (secondary N) is 1. The maximum absolute atomic E-state index is 5.47. The molecule has 0 radical (unpaired) electrons. The van der Waals surface area contributed by atoms with Crippen LogP contribution < -0.4 is 5.32 Å². The highest BCUT2D eigenvalue weighted by molar-refractivity contribution is 9.10. The van der Waals surface area contributed by atoms with E-state index in [4.69, 9.17) is 4.42 Å². The van der Waals surface area contributed by atoms with Gasteiger partial charge in [-0.1, -0.05) is 6.07 Å². The normalized spacial score (nSPS) is 10.9. The molecule has 0 saturated carbocycles. The molecule has 0 aliphatic rings. The third kappa shape index (κ3) is 2.67. The fourth-order valence-electron chi connectivity index (χ4n) is 2.11. The fourth-order valence-corrected chi connectivity index (χ4v) is 2.56. The van der Waals surface area contributed by atoms with Gasteiger partial charge < -0.3 is 9.73 Å². The second kappa shape index (κ2) is 5.25. The van der Waals surface area contributed by atoms with Crippen molar-refractivity contribution in [1.82, 2.24) is 9.97 Å². The van der Waals surface area contributed by atoms with Crippen LogP contribution in [0.2, 0.25) is 0 Å². The third-order valence-electron chi connectivity index (χ3n) is 3.06. The van der Waals surface area contributed by atoms with Gasteiger partial charge in [0.2, 0.25) is 0 Å². The number of hydrogen-bond acceptors (Lipinski definition) is 4. The first-order chi connectivity index (χ1) is 9.61. The number of aryl methyl sites for hydroxylation is 2. The Morgan fingerprint density at radius 3 is 2.90 bits per heavy atom. The Bertz CT molecular complexity index is 767. The van der Waals surface area contributed by atoms with Crippen LogP contribution in [-0.2, 0) is 6.54 Å². The van der Waals surface area contributed by atoms with Gasteiger partial charge in [-0.3, -0.25) is 0 Å². The van der Waals surface area contributed by atoms with E-state index in [2.05, 4.69) is 31.2 Å². The Morgan fingerprint density at radius 1 is 1.25 bits per heavy atom.